The topological polar surface area (TPSA) is 39.7 Å². The highest BCUT2D eigenvalue weighted by atomic mass is 16.5. The van der Waals surface area contributed by atoms with Gasteiger partial charge >= 0.3 is 0 Å². The van der Waals surface area contributed by atoms with E-state index < -0.39 is 0 Å². The average molecular weight is 293 g/mol. The first-order chi connectivity index (χ1) is 10.3. The Bertz CT molecular complexity index is 416. The third kappa shape index (κ3) is 5.12. The molecule has 0 saturated carbocycles. The molecule has 0 radical (unpaired) electrons. The largest absolute Gasteiger partial charge is 0.494 e. The van der Waals surface area contributed by atoms with E-state index in [9.17, 15) is 0 Å². The van der Waals surface area contributed by atoms with Gasteiger partial charge in [-0.25, -0.2) is 0 Å². The second kappa shape index (κ2) is 8.78. The summed E-state index contributed by atoms with van der Waals surface area (Å²) < 4.78 is 16.9. The Morgan fingerprint density at radius 2 is 2.10 bits per heavy atom. The predicted molar refractivity (Wildman–Crippen MR) is 85.5 cm³/mol. The number of ether oxygens (including phenoxy) is 3. The first-order valence-corrected chi connectivity index (χ1v) is 8.08. The Kier molecular flexibility index (Phi) is 6.67. The molecule has 2 rings (SSSR count). The summed E-state index contributed by atoms with van der Waals surface area (Å²) in [6.45, 7) is 7.19. The summed E-state index contributed by atoms with van der Waals surface area (Å²) in [5.74, 6) is 1.76. The van der Waals surface area contributed by atoms with Crippen LogP contribution >= 0.6 is 0 Å². The van der Waals surface area contributed by atoms with Crippen molar-refractivity contribution < 1.29 is 14.2 Å². The number of nitrogens with one attached hydrogen (secondary N) is 1. The Hall–Kier alpha value is -1.42. The maximum atomic E-state index is 5.66. The van der Waals surface area contributed by atoms with Gasteiger partial charge in [-0.1, -0.05) is 0 Å². The van der Waals surface area contributed by atoms with Crippen molar-refractivity contribution in [3.8, 4) is 11.5 Å². The maximum Gasteiger partial charge on any atom is 0.142 e. The van der Waals surface area contributed by atoms with E-state index in [4.69, 9.17) is 14.2 Å². The van der Waals surface area contributed by atoms with Gasteiger partial charge < -0.3 is 19.5 Å². The van der Waals surface area contributed by atoms with Crippen molar-refractivity contribution in [2.24, 2.45) is 0 Å². The third-order valence-corrected chi connectivity index (χ3v) is 3.60. The summed E-state index contributed by atoms with van der Waals surface area (Å²) in [5.41, 5.74) is 1.01. The molecule has 0 spiro atoms. The average Bonchev–Trinajstić information content (AvgIpc) is 3.00. The molecule has 1 aromatic rings. The fourth-order valence-corrected chi connectivity index (χ4v) is 2.61. The van der Waals surface area contributed by atoms with Crippen molar-refractivity contribution in [1.29, 1.82) is 0 Å². The van der Waals surface area contributed by atoms with Crippen LogP contribution in [-0.2, 0) is 4.74 Å². The minimum absolute atomic E-state index is 0.466. The molecule has 1 aliphatic heterocycles. The SMILES string of the molecule is CCOc1ccc(OCC)c(NCCCC2CCCO2)c1. The molecule has 1 aliphatic rings. The van der Waals surface area contributed by atoms with Crippen LogP contribution < -0.4 is 14.8 Å². The van der Waals surface area contributed by atoms with E-state index in [2.05, 4.69) is 5.32 Å². The normalized spacial score (nSPS) is 17.7. The lowest BCUT2D eigenvalue weighted by atomic mass is 10.1. The lowest BCUT2D eigenvalue weighted by Crippen LogP contribution is -2.10. The molecule has 1 aromatic carbocycles. The molecule has 0 bridgehead atoms. The van der Waals surface area contributed by atoms with E-state index in [0.29, 0.717) is 19.3 Å². The summed E-state index contributed by atoms with van der Waals surface area (Å²) in [5, 5.41) is 3.46. The van der Waals surface area contributed by atoms with E-state index in [1.807, 2.05) is 32.0 Å². The van der Waals surface area contributed by atoms with Gasteiger partial charge in [-0.3, -0.25) is 0 Å². The molecule has 21 heavy (non-hydrogen) atoms. The van der Waals surface area contributed by atoms with E-state index >= 15 is 0 Å². The molecular formula is C17H27NO3. The number of rotatable bonds is 9. The van der Waals surface area contributed by atoms with Crippen LogP contribution in [0.5, 0.6) is 11.5 Å². The van der Waals surface area contributed by atoms with Crippen LogP contribution in [-0.4, -0.2) is 32.5 Å². The summed E-state index contributed by atoms with van der Waals surface area (Å²) in [6, 6.07) is 5.93. The molecule has 118 valence electrons. The standard InChI is InChI=1S/C17H27NO3/c1-3-19-15-9-10-17(20-4-2)16(13-15)18-11-5-7-14-8-6-12-21-14/h9-10,13-14,18H,3-8,11-12H2,1-2H3. The smallest absolute Gasteiger partial charge is 0.142 e. The van der Waals surface area contributed by atoms with Crippen LogP contribution in [0.4, 0.5) is 5.69 Å². The van der Waals surface area contributed by atoms with Crippen molar-refractivity contribution in [3.63, 3.8) is 0 Å². The molecule has 0 aliphatic carbocycles. The molecule has 4 nitrogen and oxygen atoms in total. The summed E-state index contributed by atoms with van der Waals surface area (Å²) >= 11 is 0. The highest BCUT2D eigenvalue weighted by molar-refractivity contribution is 5.59. The number of anilines is 1. The van der Waals surface area contributed by atoms with Crippen LogP contribution in [0.3, 0.4) is 0 Å². The Labute approximate surface area is 127 Å². The molecule has 1 heterocycles. The van der Waals surface area contributed by atoms with Gasteiger partial charge in [0.1, 0.15) is 11.5 Å². The predicted octanol–water partition coefficient (Wildman–Crippen LogP) is 3.86. The number of hydrogen-bond donors (Lipinski definition) is 1. The third-order valence-electron chi connectivity index (χ3n) is 3.60. The summed E-state index contributed by atoms with van der Waals surface area (Å²) in [7, 11) is 0. The zero-order valence-electron chi connectivity index (χ0n) is 13.2. The van der Waals surface area contributed by atoms with Gasteiger partial charge in [0, 0.05) is 19.2 Å². The quantitative estimate of drug-likeness (QED) is 0.702. The van der Waals surface area contributed by atoms with Crippen LogP contribution in [0.1, 0.15) is 39.5 Å². The van der Waals surface area contributed by atoms with Crippen LogP contribution in [0.25, 0.3) is 0 Å². The minimum Gasteiger partial charge on any atom is -0.494 e. The van der Waals surface area contributed by atoms with Gasteiger partial charge in [0.15, 0.2) is 0 Å². The lowest BCUT2D eigenvalue weighted by Gasteiger charge is -2.15. The minimum atomic E-state index is 0.466. The van der Waals surface area contributed by atoms with Gasteiger partial charge in [0.05, 0.1) is 25.0 Å². The summed E-state index contributed by atoms with van der Waals surface area (Å²) in [6.07, 6.45) is 5.12. The fraction of sp³-hybridized carbons (Fsp3) is 0.647. The monoisotopic (exact) mass is 293 g/mol. The second-order valence-corrected chi connectivity index (χ2v) is 5.23. The van der Waals surface area contributed by atoms with E-state index in [1.165, 1.54) is 12.8 Å². The van der Waals surface area contributed by atoms with Crippen LogP contribution in [0, 0.1) is 0 Å². The molecule has 4 heteroatoms. The Morgan fingerprint density at radius 1 is 1.24 bits per heavy atom. The van der Waals surface area contributed by atoms with Gasteiger partial charge in [0.2, 0.25) is 0 Å². The van der Waals surface area contributed by atoms with Crippen molar-refractivity contribution in [1.82, 2.24) is 0 Å². The molecule has 1 N–H and O–H groups in total. The van der Waals surface area contributed by atoms with E-state index in [0.717, 1.165) is 43.2 Å². The van der Waals surface area contributed by atoms with Gasteiger partial charge in [0.25, 0.3) is 0 Å². The summed E-state index contributed by atoms with van der Waals surface area (Å²) in [4.78, 5) is 0. The van der Waals surface area contributed by atoms with E-state index in [1.54, 1.807) is 0 Å². The van der Waals surface area contributed by atoms with Crippen molar-refractivity contribution in [2.45, 2.75) is 45.6 Å². The lowest BCUT2D eigenvalue weighted by molar-refractivity contribution is 0.103. The molecule has 1 atom stereocenters. The molecule has 1 saturated heterocycles. The van der Waals surface area contributed by atoms with Gasteiger partial charge in [-0.15, -0.1) is 0 Å². The van der Waals surface area contributed by atoms with Crippen molar-refractivity contribution in [3.05, 3.63) is 18.2 Å². The highest BCUT2D eigenvalue weighted by Crippen LogP contribution is 2.29. The first-order valence-electron chi connectivity index (χ1n) is 8.08. The van der Waals surface area contributed by atoms with Crippen LogP contribution in [0.2, 0.25) is 0 Å². The van der Waals surface area contributed by atoms with Gasteiger partial charge in [-0.2, -0.15) is 0 Å². The van der Waals surface area contributed by atoms with Gasteiger partial charge in [-0.05, 0) is 51.7 Å². The Balaban J connectivity index is 1.84. The second-order valence-electron chi connectivity index (χ2n) is 5.23. The maximum absolute atomic E-state index is 5.66. The number of hydrogen-bond acceptors (Lipinski definition) is 4. The van der Waals surface area contributed by atoms with Crippen LogP contribution in [0.15, 0.2) is 18.2 Å². The van der Waals surface area contributed by atoms with E-state index in [-0.39, 0.29) is 0 Å². The zero-order chi connectivity index (χ0) is 14.9. The highest BCUT2D eigenvalue weighted by Gasteiger charge is 2.14. The first kappa shape index (κ1) is 16.0. The molecular weight excluding hydrogens is 266 g/mol. The zero-order valence-corrected chi connectivity index (χ0v) is 13.2. The molecule has 1 unspecified atom stereocenters. The fourth-order valence-electron chi connectivity index (χ4n) is 2.61. The Morgan fingerprint density at radius 3 is 2.81 bits per heavy atom. The molecule has 0 amide bonds. The van der Waals surface area contributed by atoms with Crippen molar-refractivity contribution in [2.75, 3.05) is 31.7 Å². The molecule has 1 fully saturated rings. The number of benzene rings is 1. The van der Waals surface area contributed by atoms with Crippen molar-refractivity contribution >= 4 is 5.69 Å². The molecule has 0 aromatic heterocycles.